The molecule has 1 aliphatic rings. The quantitative estimate of drug-likeness (QED) is 0.762. The molecule has 0 saturated carbocycles. The number of aromatic nitrogens is 4. The third-order valence-corrected chi connectivity index (χ3v) is 5.12. The zero-order valence-corrected chi connectivity index (χ0v) is 16.1. The average molecular weight is 368 g/mol. The van der Waals surface area contributed by atoms with Crippen LogP contribution in [0.4, 0.5) is 0 Å². The molecule has 0 aromatic carbocycles. The molecule has 142 valence electrons. The Labute approximate surface area is 157 Å². The number of piperazine rings is 1. The van der Waals surface area contributed by atoms with Gasteiger partial charge in [0.2, 0.25) is 0 Å². The van der Waals surface area contributed by atoms with Crippen LogP contribution in [0, 0.1) is 6.92 Å². The number of fused-ring (bicyclic) bond motifs is 1. The van der Waals surface area contributed by atoms with Crippen molar-refractivity contribution < 1.29 is 9.32 Å². The summed E-state index contributed by atoms with van der Waals surface area (Å²) in [5, 5.41) is 8.10. The van der Waals surface area contributed by atoms with Crippen LogP contribution in [-0.2, 0) is 7.05 Å². The third kappa shape index (κ3) is 2.99. The van der Waals surface area contributed by atoms with Crippen molar-refractivity contribution in [1.82, 2.24) is 29.9 Å². The SMILES string of the molecule is Cc1noc2nc(C(C)C)cc(C(=O)N3CCNCC3c3nccn3C)c12. The topological polar surface area (TPSA) is 89.1 Å². The van der Waals surface area contributed by atoms with Crippen molar-refractivity contribution in [3.8, 4) is 0 Å². The molecule has 1 aliphatic heterocycles. The highest BCUT2D eigenvalue weighted by atomic mass is 16.5. The summed E-state index contributed by atoms with van der Waals surface area (Å²) in [4.78, 5) is 24.5. The fraction of sp³-hybridized carbons (Fsp3) is 0.474. The molecule has 3 aromatic heterocycles. The zero-order chi connectivity index (χ0) is 19.1. The second-order valence-corrected chi connectivity index (χ2v) is 7.31. The van der Waals surface area contributed by atoms with Gasteiger partial charge in [-0.25, -0.2) is 9.97 Å². The molecule has 0 spiro atoms. The van der Waals surface area contributed by atoms with Crippen LogP contribution in [0.2, 0.25) is 0 Å². The normalized spacial score (nSPS) is 17.8. The number of amides is 1. The van der Waals surface area contributed by atoms with Gasteiger partial charge in [-0.05, 0) is 18.9 Å². The van der Waals surface area contributed by atoms with Gasteiger partial charge in [-0.15, -0.1) is 0 Å². The van der Waals surface area contributed by atoms with Crippen LogP contribution in [0.1, 0.15) is 53.4 Å². The molecule has 1 fully saturated rings. The number of imidazole rings is 1. The lowest BCUT2D eigenvalue weighted by atomic mass is 10.0. The minimum Gasteiger partial charge on any atom is -0.336 e. The van der Waals surface area contributed by atoms with Crippen LogP contribution in [-0.4, -0.2) is 50.1 Å². The fourth-order valence-corrected chi connectivity index (χ4v) is 3.61. The maximum absolute atomic E-state index is 13.6. The molecule has 8 heteroatoms. The maximum atomic E-state index is 13.6. The predicted octanol–water partition coefficient (Wildman–Crippen LogP) is 2.17. The number of aryl methyl sites for hydroxylation is 2. The van der Waals surface area contributed by atoms with E-state index in [4.69, 9.17) is 4.52 Å². The lowest BCUT2D eigenvalue weighted by Crippen LogP contribution is -2.49. The van der Waals surface area contributed by atoms with E-state index in [0.717, 1.165) is 18.1 Å². The lowest BCUT2D eigenvalue weighted by molar-refractivity contribution is 0.0622. The average Bonchev–Trinajstić information content (AvgIpc) is 3.26. The molecule has 1 atom stereocenters. The number of hydrogen-bond donors (Lipinski definition) is 1. The summed E-state index contributed by atoms with van der Waals surface area (Å²) in [7, 11) is 1.95. The van der Waals surface area contributed by atoms with E-state index in [1.165, 1.54) is 0 Å². The molecule has 0 bridgehead atoms. The van der Waals surface area contributed by atoms with Crippen LogP contribution in [0.5, 0.6) is 0 Å². The molecule has 0 radical (unpaired) electrons. The lowest BCUT2D eigenvalue weighted by Gasteiger charge is -2.36. The van der Waals surface area contributed by atoms with Crippen molar-refractivity contribution in [2.24, 2.45) is 7.05 Å². The number of rotatable bonds is 3. The molecule has 1 saturated heterocycles. The Bertz CT molecular complexity index is 989. The van der Waals surface area contributed by atoms with E-state index in [-0.39, 0.29) is 17.9 Å². The molecule has 1 N–H and O–H groups in total. The highest BCUT2D eigenvalue weighted by Crippen LogP contribution is 2.29. The number of nitrogens with one attached hydrogen (secondary N) is 1. The summed E-state index contributed by atoms with van der Waals surface area (Å²) in [5.41, 5.74) is 2.53. The standard InChI is InChI=1S/C19H24N6O2/c1-11(2)14-9-13(16-12(3)23-27-18(16)22-14)19(26)25-8-5-20-10-15(25)17-21-6-7-24(17)4/h6-7,9,11,15,20H,5,8,10H2,1-4H3. The Morgan fingerprint density at radius 1 is 1.41 bits per heavy atom. The zero-order valence-electron chi connectivity index (χ0n) is 16.1. The molecule has 27 heavy (non-hydrogen) atoms. The van der Waals surface area contributed by atoms with Crippen molar-refractivity contribution in [3.05, 3.63) is 41.2 Å². The monoisotopic (exact) mass is 368 g/mol. The Kier molecular flexibility index (Phi) is 4.43. The molecular weight excluding hydrogens is 344 g/mol. The van der Waals surface area contributed by atoms with Crippen molar-refractivity contribution in [2.75, 3.05) is 19.6 Å². The van der Waals surface area contributed by atoms with Gasteiger partial charge >= 0.3 is 0 Å². The Hall–Kier alpha value is -2.74. The Morgan fingerprint density at radius 3 is 2.93 bits per heavy atom. The van der Waals surface area contributed by atoms with Crippen molar-refractivity contribution in [3.63, 3.8) is 0 Å². The summed E-state index contributed by atoms with van der Waals surface area (Å²) in [5.74, 6) is 1.01. The molecule has 1 unspecified atom stereocenters. The van der Waals surface area contributed by atoms with Crippen molar-refractivity contribution in [2.45, 2.75) is 32.7 Å². The van der Waals surface area contributed by atoms with E-state index in [1.807, 2.05) is 49.5 Å². The summed E-state index contributed by atoms with van der Waals surface area (Å²) in [6.45, 7) is 7.97. The van der Waals surface area contributed by atoms with Crippen LogP contribution in [0.15, 0.2) is 23.0 Å². The van der Waals surface area contributed by atoms with Gasteiger partial charge in [0.25, 0.3) is 11.6 Å². The van der Waals surface area contributed by atoms with Crippen molar-refractivity contribution >= 4 is 17.0 Å². The molecule has 4 rings (SSSR count). The van der Waals surface area contributed by atoms with Crippen LogP contribution in [0.25, 0.3) is 11.1 Å². The smallest absolute Gasteiger partial charge is 0.259 e. The second kappa shape index (κ2) is 6.77. The minimum atomic E-state index is -0.128. The van der Waals surface area contributed by atoms with Gasteiger partial charge in [-0.1, -0.05) is 19.0 Å². The van der Waals surface area contributed by atoms with Crippen LogP contribution in [0.3, 0.4) is 0 Å². The Balaban J connectivity index is 1.81. The molecule has 8 nitrogen and oxygen atoms in total. The van der Waals surface area contributed by atoms with Gasteiger partial charge < -0.3 is 19.3 Å². The van der Waals surface area contributed by atoms with E-state index in [0.29, 0.717) is 35.4 Å². The maximum Gasteiger partial charge on any atom is 0.259 e. The van der Waals surface area contributed by atoms with E-state index < -0.39 is 0 Å². The molecular formula is C19H24N6O2. The first-order chi connectivity index (χ1) is 13.0. The van der Waals surface area contributed by atoms with Gasteiger partial charge in [-0.2, -0.15) is 0 Å². The van der Waals surface area contributed by atoms with Gasteiger partial charge in [-0.3, -0.25) is 4.79 Å². The fourth-order valence-electron chi connectivity index (χ4n) is 3.61. The predicted molar refractivity (Wildman–Crippen MR) is 100 cm³/mol. The number of carbonyl (C=O) groups is 1. The van der Waals surface area contributed by atoms with E-state index in [9.17, 15) is 4.79 Å². The molecule has 3 aromatic rings. The number of hydrogen-bond acceptors (Lipinski definition) is 6. The van der Waals surface area contributed by atoms with Crippen LogP contribution < -0.4 is 5.32 Å². The van der Waals surface area contributed by atoms with Gasteiger partial charge in [0.1, 0.15) is 11.9 Å². The van der Waals surface area contributed by atoms with Crippen molar-refractivity contribution in [1.29, 1.82) is 0 Å². The molecule has 0 aliphatic carbocycles. The van der Waals surface area contributed by atoms with Gasteiger partial charge in [0.05, 0.1) is 16.6 Å². The highest BCUT2D eigenvalue weighted by Gasteiger charge is 2.33. The first-order valence-corrected chi connectivity index (χ1v) is 9.23. The van der Waals surface area contributed by atoms with E-state index in [2.05, 4.69) is 20.4 Å². The summed E-state index contributed by atoms with van der Waals surface area (Å²) < 4.78 is 7.34. The van der Waals surface area contributed by atoms with Crippen LogP contribution >= 0.6 is 0 Å². The Morgan fingerprint density at radius 2 is 2.22 bits per heavy atom. The van der Waals surface area contributed by atoms with Gasteiger partial charge in [0, 0.05) is 44.8 Å². The van der Waals surface area contributed by atoms with E-state index >= 15 is 0 Å². The first-order valence-electron chi connectivity index (χ1n) is 9.23. The van der Waals surface area contributed by atoms with E-state index in [1.54, 1.807) is 6.20 Å². The minimum absolute atomic E-state index is 0.0369. The summed E-state index contributed by atoms with van der Waals surface area (Å²) >= 11 is 0. The highest BCUT2D eigenvalue weighted by molar-refractivity contribution is 6.06. The molecule has 4 heterocycles. The number of carbonyl (C=O) groups excluding carboxylic acids is 1. The first kappa shape index (κ1) is 17.7. The second-order valence-electron chi connectivity index (χ2n) is 7.31. The summed E-state index contributed by atoms with van der Waals surface area (Å²) in [6.07, 6.45) is 3.66. The number of nitrogens with zero attached hydrogens (tertiary/aromatic N) is 5. The largest absolute Gasteiger partial charge is 0.336 e. The third-order valence-electron chi connectivity index (χ3n) is 5.12. The summed E-state index contributed by atoms with van der Waals surface area (Å²) in [6, 6.07) is 1.76. The molecule has 1 amide bonds. The van der Waals surface area contributed by atoms with Gasteiger partial charge in [0.15, 0.2) is 0 Å². The number of pyridine rings is 1.